The Hall–Kier alpha value is -1.32. The lowest BCUT2D eigenvalue weighted by Crippen LogP contribution is -2.29. The van der Waals surface area contributed by atoms with Crippen molar-refractivity contribution in [1.82, 2.24) is 5.32 Å². The van der Waals surface area contributed by atoms with Gasteiger partial charge in [0, 0.05) is 31.9 Å². The minimum atomic E-state index is 0.425. The number of nitrogens with zero attached hydrogens (tertiary/aromatic N) is 1. The number of hydrogen-bond acceptors (Lipinski definition) is 3. The lowest BCUT2D eigenvalue weighted by atomic mass is 10.1. The summed E-state index contributed by atoms with van der Waals surface area (Å²) < 4.78 is 5.20. The Morgan fingerprint density at radius 3 is 2.62 bits per heavy atom. The summed E-state index contributed by atoms with van der Waals surface area (Å²) in [5.41, 5.74) is 4.09. The topological polar surface area (TPSA) is 24.5 Å². The van der Waals surface area contributed by atoms with E-state index >= 15 is 0 Å². The molecule has 1 heterocycles. The average molecular weight is 288 g/mol. The van der Waals surface area contributed by atoms with Crippen molar-refractivity contribution in [2.24, 2.45) is 0 Å². The summed E-state index contributed by atoms with van der Waals surface area (Å²) in [7, 11) is 1.76. The maximum atomic E-state index is 5.20. The molecule has 0 fully saturated rings. The van der Waals surface area contributed by atoms with Crippen molar-refractivity contribution in [3.05, 3.63) is 41.5 Å². The van der Waals surface area contributed by atoms with Crippen molar-refractivity contribution in [1.29, 1.82) is 0 Å². The highest BCUT2D eigenvalue weighted by atomic mass is 16.5. The minimum Gasteiger partial charge on any atom is -0.380 e. The van der Waals surface area contributed by atoms with Crippen molar-refractivity contribution in [3.8, 4) is 0 Å². The SMILES string of the molecule is CCCNC(C)c1ccc(N2CC=C(COC)CC2)cc1. The fraction of sp³-hybridized carbons (Fsp3) is 0.556. The van der Waals surface area contributed by atoms with E-state index in [4.69, 9.17) is 4.74 Å². The highest BCUT2D eigenvalue weighted by molar-refractivity contribution is 5.49. The second-order valence-corrected chi connectivity index (χ2v) is 5.76. The van der Waals surface area contributed by atoms with Gasteiger partial charge in [0.25, 0.3) is 0 Å². The van der Waals surface area contributed by atoms with Crippen molar-refractivity contribution < 1.29 is 4.74 Å². The molecule has 2 rings (SSSR count). The van der Waals surface area contributed by atoms with Gasteiger partial charge in [-0.25, -0.2) is 0 Å². The van der Waals surface area contributed by atoms with Gasteiger partial charge in [-0.2, -0.15) is 0 Å². The molecule has 0 radical (unpaired) electrons. The zero-order valence-corrected chi connectivity index (χ0v) is 13.6. The molecule has 21 heavy (non-hydrogen) atoms. The number of anilines is 1. The van der Waals surface area contributed by atoms with E-state index < -0.39 is 0 Å². The van der Waals surface area contributed by atoms with Gasteiger partial charge in [-0.1, -0.05) is 25.1 Å². The summed E-state index contributed by atoms with van der Waals surface area (Å²) in [6.45, 7) is 8.34. The van der Waals surface area contributed by atoms with Crippen LogP contribution in [0.3, 0.4) is 0 Å². The van der Waals surface area contributed by atoms with E-state index in [1.54, 1.807) is 7.11 Å². The van der Waals surface area contributed by atoms with E-state index in [2.05, 4.69) is 54.4 Å². The lowest BCUT2D eigenvalue weighted by molar-refractivity contribution is 0.222. The van der Waals surface area contributed by atoms with Crippen LogP contribution in [0.25, 0.3) is 0 Å². The number of benzene rings is 1. The molecule has 1 aromatic carbocycles. The predicted molar refractivity (Wildman–Crippen MR) is 89.9 cm³/mol. The Labute approximate surface area is 129 Å². The monoisotopic (exact) mass is 288 g/mol. The van der Waals surface area contributed by atoms with Crippen LogP contribution in [0, 0.1) is 0 Å². The number of hydrogen-bond donors (Lipinski definition) is 1. The summed E-state index contributed by atoms with van der Waals surface area (Å²) in [5, 5.41) is 3.53. The Morgan fingerprint density at radius 1 is 1.29 bits per heavy atom. The molecule has 0 aromatic heterocycles. The van der Waals surface area contributed by atoms with Crippen LogP contribution in [0.5, 0.6) is 0 Å². The quantitative estimate of drug-likeness (QED) is 0.777. The standard InChI is InChI=1S/C18H28N2O/c1-4-11-19-15(2)17-5-7-18(8-6-17)20-12-9-16(10-13-20)14-21-3/h5-9,15,19H,4,10-14H2,1-3H3. The van der Waals surface area contributed by atoms with Crippen LogP contribution >= 0.6 is 0 Å². The van der Waals surface area contributed by atoms with Crippen molar-refractivity contribution in [2.75, 3.05) is 38.3 Å². The summed E-state index contributed by atoms with van der Waals surface area (Å²) in [5.74, 6) is 0. The molecular formula is C18H28N2O. The molecule has 116 valence electrons. The molecule has 0 saturated carbocycles. The first kappa shape index (κ1) is 16.1. The summed E-state index contributed by atoms with van der Waals surface area (Å²) >= 11 is 0. The van der Waals surface area contributed by atoms with E-state index in [-0.39, 0.29) is 0 Å². The van der Waals surface area contributed by atoms with Crippen LogP contribution in [0.4, 0.5) is 5.69 Å². The molecule has 1 atom stereocenters. The third-order valence-corrected chi connectivity index (χ3v) is 4.09. The number of ether oxygens (including phenoxy) is 1. The van der Waals surface area contributed by atoms with E-state index in [9.17, 15) is 0 Å². The molecule has 0 amide bonds. The van der Waals surface area contributed by atoms with Gasteiger partial charge in [0.2, 0.25) is 0 Å². The summed E-state index contributed by atoms with van der Waals surface area (Å²) in [4.78, 5) is 2.42. The molecule has 0 saturated heterocycles. The number of rotatable bonds is 7. The molecule has 3 heteroatoms. The van der Waals surface area contributed by atoms with Crippen LogP contribution in [-0.2, 0) is 4.74 Å². The van der Waals surface area contributed by atoms with Gasteiger partial charge in [-0.05, 0) is 49.6 Å². The smallest absolute Gasteiger partial charge is 0.0674 e. The number of nitrogens with one attached hydrogen (secondary N) is 1. The van der Waals surface area contributed by atoms with Crippen molar-refractivity contribution in [2.45, 2.75) is 32.7 Å². The lowest BCUT2D eigenvalue weighted by Gasteiger charge is -2.28. The molecule has 1 aliphatic rings. The highest BCUT2D eigenvalue weighted by Crippen LogP contribution is 2.22. The fourth-order valence-electron chi connectivity index (χ4n) is 2.71. The second kappa shape index (κ2) is 8.20. The normalized spacial score (nSPS) is 16.7. The first-order valence-corrected chi connectivity index (χ1v) is 7.99. The third kappa shape index (κ3) is 4.58. The Kier molecular flexibility index (Phi) is 6.27. The molecule has 3 nitrogen and oxygen atoms in total. The summed E-state index contributed by atoms with van der Waals surface area (Å²) in [6.07, 6.45) is 4.57. The van der Waals surface area contributed by atoms with Gasteiger partial charge in [0.1, 0.15) is 0 Å². The Bertz CT molecular complexity index is 453. The van der Waals surface area contributed by atoms with Gasteiger partial charge >= 0.3 is 0 Å². The molecule has 1 unspecified atom stereocenters. The van der Waals surface area contributed by atoms with Crippen LogP contribution in [0.1, 0.15) is 38.3 Å². The van der Waals surface area contributed by atoms with Crippen LogP contribution in [0.15, 0.2) is 35.9 Å². The molecule has 1 N–H and O–H groups in total. The fourth-order valence-corrected chi connectivity index (χ4v) is 2.71. The highest BCUT2D eigenvalue weighted by Gasteiger charge is 2.12. The summed E-state index contributed by atoms with van der Waals surface area (Å²) in [6, 6.07) is 9.41. The van der Waals surface area contributed by atoms with Crippen LogP contribution < -0.4 is 10.2 Å². The molecule has 0 spiro atoms. The molecule has 1 aliphatic heterocycles. The zero-order chi connectivity index (χ0) is 15.1. The average Bonchev–Trinajstić information content (AvgIpc) is 2.54. The molecule has 1 aromatic rings. The van der Waals surface area contributed by atoms with E-state index in [1.165, 1.54) is 23.2 Å². The zero-order valence-electron chi connectivity index (χ0n) is 13.6. The van der Waals surface area contributed by atoms with E-state index in [0.29, 0.717) is 6.04 Å². The van der Waals surface area contributed by atoms with Gasteiger partial charge in [-0.3, -0.25) is 0 Å². The number of methoxy groups -OCH3 is 1. The van der Waals surface area contributed by atoms with Gasteiger partial charge < -0.3 is 15.0 Å². The van der Waals surface area contributed by atoms with Gasteiger partial charge in [-0.15, -0.1) is 0 Å². The van der Waals surface area contributed by atoms with Gasteiger partial charge in [0.05, 0.1) is 6.61 Å². The van der Waals surface area contributed by atoms with E-state index in [0.717, 1.165) is 32.7 Å². The first-order valence-electron chi connectivity index (χ1n) is 7.99. The third-order valence-electron chi connectivity index (χ3n) is 4.09. The van der Waals surface area contributed by atoms with E-state index in [1.807, 2.05) is 0 Å². The van der Waals surface area contributed by atoms with Crippen molar-refractivity contribution in [3.63, 3.8) is 0 Å². The second-order valence-electron chi connectivity index (χ2n) is 5.76. The maximum Gasteiger partial charge on any atom is 0.0674 e. The maximum absolute atomic E-state index is 5.20. The Morgan fingerprint density at radius 2 is 2.05 bits per heavy atom. The molecule has 0 bridgehead atoms. The molecule has 0 aliphatic carbocycles. The van der Waals surface area contributed by atoms with Crippen LogP contribution in [-0.4, -0.2) is 33.4 Å². The predicted octanol–water partition coefficient (Wildman–Crippen LogP) is 3.53. The van der Waals surface area contributed by atoms with Crippen LogP contribution in [0.2, 0.25) is 0 Å². The first-order chi connectivity index (χ1) is 10.2. The van der Waals surface area contributed by atoms with Crippen molar-refractivity contribution >= 4 is 5.69 Å². The molecular weight excluding hydrogens is 260 g/mol. The Balaban J connectivity index is 1.93. The minimum absolute atomic E-state index is 0.425. The largest absolute Gasteiger partial charge is 0.380 e. The van der Waals surface area contributed by atoms with Gasteiger partial charge in [0.15, 0.2) is 0 Å².